The number of nitriles is 1. The number of Topliss-reactive ketones (excluding diaryl/α,β-unsaturated/α-hetero) is 1. The molecule has 31 heavy (non-hydrogen) atoms. The molecule has 0 N–H and O–H groups in total. The predicted octanol–water partition coefficient (Wildman–Crippen LogP) is 4.74. The molecule has 2 aromatic carbocycles. The third kappa shape index (κ3) is 3.52. The molecule has 156 valence electrons. The van der Waals surface area contributed by atoms with Crippen LogP contribution in [0.3, 0.4) is 0 Å². The maximum atomic E-state index is 13.4. The molecule has 0 spiro atoms. The average molecular weight is 456 g/mol. The number of anilines is 2. The van der Waals surface area contributed by atoms with Crippen LogP contribution in [0.15, 0.2) is 53.9 Å². The molecule has 6 nitrogen and oxygen atoms in total. The number of rotatable bonds is 4. The average Bonchev–Trinajstić information content (AvgIpc) is 3.22. The van der Waals surface area contributed by atoms with Crippen LogP contribution in [0.5, 0.6) is 0 Å². The van der Waals surface area contributed by atoms with Crippen LogP contribution in [-0.4, -0.2) is 32.5 Å². The van der Waals surface area contributed by atoms with E-state index < -0.39 is 24.2 Å². The molecule has 4 rings (SSSR count). The normalized spacial score (nSPS) is 12.7. The quantitative estimate of drug-likeness (QED) is 0.321. The molecule has 0 aliphatic carbocycles. The first-order chi connectivity index (χ1) is 14.8. The van der Waals surface area contributed by atoms with Gasteiger partial charge in [-0.05, 0) is 30.3 Å². The largest absolute Gasteiger partial charge is 0.453 e. The minimum atomic E-state index is -0.807. The summed E-state index contributed by atoms with van der Waals surface area (Å²) in [4.78, 5) is 28.8. The van der Waals surface area contributed by atoms with E-state index in [1.807, 2.05) is 30.3 Å². The van der Waals surface area contributed by atoms with Crippen LogP contribution in [0, 0.1) is 17.1 Å². The maximum Gasteiger partial charge on any atom is 0.350 e. The van der Waals surface area contributed by atoms with Gasteiger partial charge in [0.25, 0.3) is 0 Å². The number of ether oxygens (including phenoxy) is 1. The van der Waals surface area contributed by atoms with Crippen molar-refractivity contribution in [2.45, 2.75) is 0 Å². The standard InChI is InChI=1S/C22H15ClFN3O3S/c1-26-15-5-3-4-6-16(15)27(2)21(26)14(10-25)17(28)11-30-22(29)20-19(23)13-8-7-12(24)9-18(13)31-20/h3-9H,11H2,1-2H3. The summed E-state index contributed by atoms with van der Waals surface area (Å²) >= 11 is 7.21. The predicted molar refractivity (Wildman–Crippen MR) is 118 cm³/mol. The van der Waals surface area contributed by atoms with Crippen LogP contribution >= 0.6 is 22.9 Å². The topological polar surface area (TPSA) is 73.6 Å². The van der Waals surface area contributed by atoms with Gasteiger partial charge in [0.1, 0.15) is 28.2 Å². The van der Waals surface area contributed by atoms with Gasteiger partial charge in [-0.25, -0.2) is 9.18 Å². The van der Waals surface area contributed by atoms with Crippen LogP contribution in [0.4, 0.5) is 15.8 Å². The monoisotopic (exact) mass is 455 g/mol. The minimum Gasteiger partial charge on any atom is -0.453 e. The molecular weight excluding hydrogens is 441 g/mol. The van der Waals surface area contributed by atoms with Crippen LogP contribution in [0.2, 0.25) is 5.02 Å². The van der Waals surface area contributed by atoms with Crippen LogP contribution in [0.25, 0.3) is 10.1 Å². The second kappa shape index (κ2) is 8.02. The van der Waals surface area contributed by atoms with E-state index in [9.17, 15) is 19.2 Å². The zero-order valence-electron chi connectivity index (χ0n) is 16.5. The Morgan fingerprint density at radius 1 is 1.16 bits per heavy atom. The van der Waals surface area contributed by atoms with Gasteiger partial charge in [0, 0.05) is 24.2 Å². The van der Waals surface area contributed by atoms with Crippen molar-refractivity contribution in [2.75, 3.05) is 30.5 Å². The zero-order valence-corrected chi connectivity index (χ0v) is 18.1. The Kier molecular flexibility index (Phi) is 5.39. The number of para-hydroxylation sites is 2. The van der Waals surface area contributed by atoms with Gasteiger partial charge in [-0.3, -0.25) is 4.79 Å². The van der Waals surface area contributed by atoms with Crippen molar-refractivity contribution in [1.82, 2.24) is 0 Å². The molecule has 1 aliphatic heterocycles. The zero-order chi connectivity index (χ0) is 22.3. The third-order valence-corrected chi connectivity index (χ3v) is 6.60. The first kappa shape index (κ1) is 20.8. The summed E-state index contributed by atoms with van der Waals surface area (Å²) in [6.07, 6.45) is 0. The Balaban J connectivity index is 1.56. The number of thiophene rings is 1. The molecule has 1 aliphatic rings. The number of nitrogens with zero attached hydrogens (tertiary/aromatic N) is 3. The summed E-state index contributed by atoms with van der Waals surface area (Å²) in [5, 5.41) is 10.3. The Bertz CT molecular complexity index is 1280. The molecule has 1 aromatic heterocycles. The first-order valence-electron chi connectivity index (χ1n) is 9.12. The Morgan fingerprint density at radius 2 is 1.81 bits per heavy atom. The smallest absolute Gasteiger partial charge is 0.350 e. The highest BCUT2D eigenvalue weighted by atomic mass is 35.5. The van der Waals surface area contributed by atoms with Gasteiger partial charge in [0.2, 0.25) is 5.78 Å². The van der Waals surface area contributed by atoms with Crippen molar-refractivity contribution in [3.05, 3.63) is 69.6 Å². The fraction of sp³-hybridized carbons (Fsp3) is 0.136. The molecule has 0 saturated heterocycles. The number of benzene rings is 2. The van der Waals surface area contributed by atoms with E-state index in [1.54, 1.807) is 23.9 Å². The van der Waals surface area contributed by atoms with Crippen molar-refractivity contribution in [3.8, 4) is 6.07 Å². The maximum absolute atomic E-state index is 13.4. The van der Waals surface area contributed by atoms with Crippen molar-refractivity contribution in [3.63, 3.8) is 0 Å². The molecular formula is C22H15ClFN3O3S. The molecule has 0 bridgehead atoms. The van der Waals surface area contributed by atoms with Gasteiger partial charge in [-0.1, -0.05) is 23.7 Å². The summed E-state index contributed by atoms with van der Waals surface area (Å²) in [6, 6.07) is 13.4. The number of halogens is 2. The summed E-state index contributed by atoms with van der Waals surface area (Å²) in [5.74, 6) is -1.49. The summed E-state index contributed by atoms with van der Waals surface area (Å²) in [6.45, 7) is -0.623. The Labute approximate surface area is 186 Å². The number of hydrogen-bond acceptors (Lipinski definition) is 7. The van der Waals surface area contributed by atoms with Gasteiger partial charge in [0.15, 0.2) is 6.61 Å². The molecule has 0 amide bonds. The molecule has 0 saturated carbocycles. The lowest BCUT2D eigenvalue weighted by Crippen LogP contribution is -2.27. The van der Waals surface area contributed by atoms with Crippen LogP contribution in [-0.2, 0) is 9.53 Å². The van der Waals surface area contributed by atoms with E-state index in [4.69, 9.17) is 16.3 Å². The van der Waals surface area contributed by atoms with E-state index in [0.717, 1.165) is 22.7 Å². The number of carbonyl (C=O) groups excluding carboxylic acids is 2. The highest BCUT2D eigenvalue weighted by Gasteiger charge is 2.31. The summed E-state index contributed by atoms with van der Waals surface area (Å²) in [5.41, 5.74) is 1.57. The first-order valence-corrected chi connectivity index (χ1v) is 10.3. The van der Waals surface area contributed by atoms with Crippen molar-refractivity contribution < 1.29 is 18.7 Å². The number of esters is 1. The second-order valence-electron chi connectivity index (χ2n) is 6.80. The van der Waals surface area contributed by atoms with Gasteiger partial charge < -0.3 is 14.5 Å². The highest BCUT2D eigenvalue weighted by Crippen LogP contribution is 2.40. The van der Waals surface area contributed by atoms with E-state index in [2.05, 4.69) is 0 Å². The fourth-order valence-electron chi connectivity index (χ4n) is 3.50. The van der Waals surface area contributed by atoms with E-state index in [-0.39, 0.29) is 15.5 Å². The molecule has 0 unspecified atom stereocenters. The fourth-order valence-corrected chi connectivity index (χ4v) is 4.92. The van der Waals surface area contributed by atoms with E-state index in [1.165, 1.54) is 18.2 Å². The van der Waals surface area contributed by atoms with Crippen LogP contribution < -0.4 is 9.80 Å². The van der Waals surface area contributed by atoms with Gasteiger partial charge in [-0.2, -0.15) is 5.26 Å². The SMILES string of the molecule is CN1C(=C(C#N)C(=O)COC(=O)c2sc3cc(F)ccc3c2Cl)N(C)c2ccccc21. The van der Waals surface area contributed by atoms with Gasteiger partial charge in [0.05, 0.1) is 16.4 Å². The molecule has 0 radical (unpaired) electrons. The minimum absolute atomic E-state index is 0.0729. The lowest BCUT2D eigenvalue weighted by atomic mass is 10.2. The number of fused-ring (bicyclic) bond motifs is 2. The number of ketones is 1. The molecule has 9 heteroatoms. The van der Waals surface area contributed by atoms with Gasteiger partial charge >= 0.3 is 5.97 Å². The van der Waals surface area contributed by atoms with Crippen molar-refractivity contribution in [1.29, 1.82) is 5.26 Å². The van der Waals surface area contributed by atoms with Crippen LogP contribution in [0.1, 0.15) is 9.67 Å². The molecule has 2 heterocycles. The summed E-state index contributed by atoms with van der Waals surface area (Å²) < 4.78 is 19.1. The molecule has 3 aromatic rings. The van der Waals surface area contributed by atoms with Crippen molar-refractivity contribution >= 4 is 56.2 Å². The third-order valence-electron chi connectivity index (χ3n) is 4.97. The van der Waals surface area contributed by atoms with E-state index >= 15 is 0 Å². The Hall–Kier alpha value is -3.41. The second-order valence-corrected chi connectivity index (χ2v) is 8.23. The summed E-state index contributed by atoms with van der Waals surface area (Å²) in [7, 11) is 3.51. The number of carbonyl (C=O) groups is 2. The Morgan fingerprint density at radius 3 is 2.42 bits per heavy atom. The van der Waals surface area contributed by atoms with Crippen molar-refractivity contribution in [2.24, 2.45) is 0 Å². The lowest BCUT2D eigenvalue weighted by molar-refractivity contribution is -0.118. The lowest BCUT2D eigenvalue weighted by Gasteiger charge is -2.19. The van der Waals surface area contributed by atoms with E-state index in [0.29, 0.717) is 15.9 Å². The molecule has 0 atom stereocenters. The molecule has 0 fully saturated rings. The number of hydrogen-bond donors (Lipinski definition) is 0. The van der Waals surface area contributed by atoms with Gasteiger partial charge in [-0.15, -0.1) is 11.3 Å². The highest BCUT2D eigenvalue weighted by molar-refractivity contribution is 7.21.